The lowest BCUT2D eigenvalue weighted by molar-refractivity contribution is -0.141. The number of hydrogen-bond acceptors (Lipinski definition) is 3. The van der Waals surface area contributed by atoms with Gasteiger partial charge in [0.2, 0.25) is 0 Å². The highest BCUT2D eigenvalue weighted by Gasteiger charge is 2.35. The fourth-order valence-electron chi connectivity index (χ4n) is 3.11. The molecule has 1 aromatic heterocycles. The fourth-order valence-corrected chi connectivity index (χ4v) is 3.28. The summed E-state index contributed by atoms with van der Waals surface area (Å²) in [5.74, 6) is -0.812. The lowest BCUT2D eigenvalue weighted by Crippen LogP contribution is -2.12. The van der Waals surface area contributed by atoms with Crippen LogP contribution in [0, 0.1) is 0 Å². The molecule has 0 bridgehead atoms. The lowest BCUT2D eigenvalue weighted by atomic mass is 10.1. The number of aromatic nitrogens is 2. The Morgan fingerprint density at radius 3 is 2.31 bits per heavy atom. The van der Waals surface area contributed by atoms with Gasteiger partial charge in [0.1, 0.15) is 5.75 Å². The second-order valence-corrected chi connectivity index (χ2v) is 7.29. The number of halogens is 4. The number of hydrogen-bond donors (Lipinski definition) is 2. The van der Waals surface area contributed by atoms with Gasteiger partial charge in [0.05, 0.1) is 16.9 Å². The highest BCUT2D eigenvalue weighted by atomic mass is 35.5. The number of anilines is 1. The Labute approximate surface area is 185 Å². The van der Waals surface area contributed by atoms with Crippen molar-refractivity contribution in [3.8, 4) is 22.7 Å². The predicted molar refractivity (Wildman–Crippen MR) is 115 cm³/mol. The van der Waals surface area contributed by atoms with Gasteiger partial charge in [-0.1, -0.05) is 41.9 Å². The first-order chi connectivity index (χ1) is 15.2. The maximum Gasteiger partial charge on any atom is 0.435 e. The molecular weight excluding hydrogens is 443 g/mol. The van der Waals surface area contributed by atoms with Gasteiger partial charge in [-0.3, -0.25) is 4.79 Å². The van der Waals surface area contributed by atoms with Crippen molar-refractivity contribution >= 4 is 23.2 Å². The Bertz CT molecular complexity index is 1270. The third-order valence-corrected chi connectivity index (χ3v) is 4.88. The van der Waals surface area contributed by atoms with E-state index in [-0.39, 0.29) is 22.0 Å². The van der Waals surface area contributed by atoms with Crippen LogP contribution in [0.5, 0.6) is 5.75 Å². The largest absolute Gasteiger partial charge is 0.507 e. The predicted octanol–water partition coefficient (Wildman–Crippen LogP) is 6.17. The molecular formula is C23H15ClF3N3O2. The highest BCUT2D eigenvalue weighted by Crippen LogP contribution is 2.33. The molecule has 1 amide bonds. The van der Waals surface area contributed by atoms with Crippen LogP contribution in [0.1, 0.15) is 16.1 Å². The minimum absolute atomic E-state index is 0.00478. The summed E-state index contributed by atoms with van der Waals surface area (Å²) in [6.07, 6.45) is -4.60. The van der Waals surface area contributed by atoms with Crippen molar-refractivity contribution in [2.75, 3.05) is 5.32 Å². The van der Waals surface area contributed by atoms with Crippen LogP contribution in [0.4, 0.5) is 18.9 Å². The van der Waals surface area contributed by atoms with Crippen LogP contribution in [-0.2, 0) is 6.18 Å². The molecule has 0 aliphatic heterocycles. The third kappa shape index (κ3) is 4.45. The Kier molecular flexibility index (Phi) is 5.63. The molecule has 2 N–H and O–H groups in total. The molecule has 0 unspecified atom stereocenters. The Morgan fingerprint density at radius 2 is 1.66 bits per heavy atom. The molecule has 32 heavy (non-hydrogen) atoms. The first-order valence-corrected chi connectivity index (χ1v) is 9.73. The minimum Gasteiger partial charge on any atom is -0.507 e. The number of nitrogens with zero attached hydrogens (tertiary/aromatic N) is 2. The molecule has 0 aliphatic rings. The molecule has 0 spiro atoms. The van der Waals surface area contributed by atoms with Gasteiger partial charge in [0, 0.05) is 16.3 Å². The van der Waals surface area contributed by atoms with E-state index in [1.165, 1.54) is 47.1 Å². The topological polar surface area (TPSA) is 67.2 Å². The average Bonchev–Trinajstić information content (AvgIpc) is 3.23. The lowest BCUT2D eigenvalue weighted by Gasteiger charge is -2.10. The number of benzene rings is 3. The number of nitrogens with one attached hydrogen (secondary N) is 1. The quantitative estimate of drug-likeness (QED) is 0.385. The van der Waals surface area contributed by atoms with Crippen LogP contribution in [0.25, 0.3) is 16.9 Å². The number of carbonyl (C=O) groups is 1. The summed E-state index contributed by atoms with van der Waals surface area (Å²) in [6, 6.07) is 19.8. The van der Waals surface area contributed by atoms with Crippen molar-refractivity contribution in [2.45, 2.75) is 6.18 Å². The van der Waals surface area contributed by atoms with Crippen LogP contribution in [-0.4, -0.2) is 20.8 Å². The van der Waals surface area contributed by atoms with E-state index in [1.54, 1.807) is 30.3 Å². The zero-order valence-corrected chi connectivity index (χ0v) is 17.0. The molecule has 0 saturated carbocycles. The molecule has 0 aliphatic carbocycles. The number of amides is 1. The third-order valence-electron chi connectivity index (χ3n) is 4.64. The van der Waals surface area contributed by atoms with Crippen molar-refractivity contribution in [3.05, 3.63) is 95.1 Å². The van der Waals surface area contributed by atoms with Crippen LogP contribution < -0.4 is 5.32 Å². The van der Waals surface area contributed by atoms with Crippen molar-refractivity contribution < 1.29 is 23.1 Å². The van der Waals surface area contributed by atoms with Gasteiger partial charge in [-0.25, -0.2) is 4.68 Å². The summed E-state index contributed by atoms with van der Waals surface area (Å²) in [4.78, 5) is 12.4. The molecule has 4 aromatic rings. The number of rotatable bonds is 4. The number of alkyl halides is 3. The van der Waals surface area contributed by atoms with E-state index in [9.17, 15) is 23.1 Å². The molecule has 4 rings (SSSR count). The molecule has 0 saturated heterocycles. The number of aromatic hydroxyl groups is 1. The van der Waals surface area contributed by atoms with Gasteiger partial charge < -0.3 is 10.4 Å². The second-order valence-electron chi connectivity index (χ2n) is 6.85. The van der Waals surface area contributed by atoms with E-state index in [1.807, 2.05) is 0 Å². The van der Waals surface area contributed by atoms with Crippen LogP contribution in [0.2, 0.25) is 5.02 Å². The van der Waals surface area contributed by atoms with Crippen molar-refractivity contribution in [2.24, 2.45) is 0 Å². The van der Waals surface area contributed by atoms with Gasteiger partial charge in [0.15, 0.2) is 5.69 Å². The van der Waals surface area contributed by atoms with E-state index >= 15 is 0 Å². The summed E-state index contributed by atoms with van der Waals surface area (Å²) >= 11 is 5.87. The van der Waals surface area contributed by atoms with Gasteiger partial charge in [-0.05, 0) is 48.5 Å². The molecule has 0 atom stereocenters. The van der Waals surface area contributed by atoms with E-state index < -0.39 is 17.8 Å². The monoisotopic (exact) mass is 457 g/mol. The molecule has 3 aromatic carbocycles. The van der Waals surface area contributed by atoms with Gasteiger partial charge in [-0.15, -0.1) is 0 Å². The van der Waals surface area contributed by atoms with E-state index in [0.29, 0.717) is 16.9 Å². The minimum atomic E-state index is -4.60. The number of phenols is 1. The second kappa shape index (κ2) is 8.39. The van der Waals surface area contributed by atoms with E-state index in [4.69, 9.17) is 11.6 Å². The highest BCUT2D eigenvalue weighted by molar-refractivity contribution is 6.31. The molecule has 162 valence electrons. The standard InChI is InChI=1S/C23H15ClF3N3O2/c24-15-6-11-20(31)18(12-15)22(32)28-16-7-9-17(10-8-16)30-19(14-4-2-1-3-5-14)13-21(29-30)23(25,26)27/h1-13,31H,(H,28,32). The van der Waals surface area contributed by atoms with Gasteiger partial charge >= 0.3 is 6.18 Å². The smallest absolute Gasteiger partial charge is 0.435 e. The zero-order chi connectivity index (χ0) is 22.9. The summed E-state index contributed by atoms with van der Waals surface area (Å²) in [5.41, 5.74) is 0.591. The van der Waals surface area contributed by atoms with Crippen molar-refractivity contribution in [1.29, 1.82) is 0 Å². The molecule has 5 nitrogen and oxygen atoms in total. The Balaban J connectivity index is 1.65. The summed E-state index contributed by atoms with van der Waals surface area (Å²) in [5, 5.41) is 16.5. The SMILES string of the molecule is O=C(Nc1ccc(-n2nc(C(F)(F)F)cc2-c2ccccc2)cc1)c1cc(Cl)ccc1O. The number of phenolic OH excluding ortho intramolecular Hbond substituents is 1. The van der Waals surface area contributed by atoms with Crippen molar-refractivity contribution in [1.82, 2.24) is 9.78 Å². The first kappa shape index (κ1) is 21.5. The van der Waals surface area contributed by atoms with E-state index in [2.05, 4.69) is 10.4 Å². The van der Waals surface area contributed by atoms with Crippen molar-refractivity contribution in [3.63, 3.8) is 0 Å². The van der Waals surface area contributed by atoms with Crippen LogP contribution in [0.3, 0.4) is 0 Å². The first-order valence-electron chi connectivity index (χ1n) is 9.35. The number of carbonyl (C=O) groups excluding carboxylic acids is 1. The van der Waals surface area contributed by atoms with Gasteiger partial charge in [-0.2, -0.15) is 18.3 Å². The Morgan fingerprint density at radius 1 is 0.969 bits per heavy atom. The van der Waals surface area contributed by atoms with E-state index in [0.717, 1.165) is 6.07 Å². The summed E-state index contributed by atoms with van der Waals surface area (Å²) < 4.78 is 41.1. The van der Waals surface area contributed by atoms with Crippen LogP contribution >= 0.6 is 11.6 Å². The summed E-state index contributed by atoms with van der Waals surface area (Å²) in [6.45, 7) is 0. The molecule has 0 radical (unpaired) electrons. The molecule has 0 fully saturated rings. The fraction of sp³-hybridized carbons (Fsp3) is 0.0435. The molecule has 1 heterocycles. The normalized spacial score (nSPS) is 11.4. The van der Waals surface area contributed by atoms with Crippen LogP contribution in [0.15, 0.2) is 78.9 Å². The Hall–Kier alpha value is -3.78. The maximum absolute atomic E-state index is 13.3. The molecule has 9 heteroatoms. The summed E-state index contributed by atoms with van der Waals surface area (Å²) in [7, 11) is 0. The van der Waals surface area contributed by atoms with Gasteiger partial charge in [0.25, 0.3) is 5.91 Å². The maximum atomic E-state index is 13.3. The average molecular weight is 458 g/mol. The zero-order valence-electron chi connectivity index (χ0n) is 16.3.